The van der Waals surface area contributed by atoms with Gasteiger partial charge in [-0.2, -0.15) is 0 Å². The Kier molecular flexibility index (Phi) is 6.45. The van der Waals surface area contributed by atoms with Gasteiger partial charge in [0.1, 0.15) is 0 Å². The van der Waals surface area contributed by atoms with Gasteiger partial charge in [0.05, 0.1) is 18.1 Å². The molecular weight excluding hydrogens is 344 g/mol. The standard InChI is InChI=1S/C17H28N2O3S2/c1-5-19(15-8-9-24(21,22)12-15)17(20)11-18(13(2)3)10-16-7-6-14(4)23-16/h6-7,13,15H,5,8-12H2,1-4H3. The van der Waals surface area contributed by atoms with Crippen LogP contribution in [0.2, 0.25) is 0 Å². The Bertz CT molecular complexity index is 667. The lowest BCUT2D eigenvalue weighted by atomic mass is 10.2. The van der Waals surface area contributed by atoms with Crippen molar-refractivity contribution in [1.82, 2.24) is 9.80 Å². The lowest BCUT2D eigenvalue weighted by molar-refractivity contribution is -0.134. The topological polar surface area (TPSA) is 57.7 Å². The largest absolute Gasteiger partial charge is 0.338 e. The van der Waals surface area contributed by atoms with Gasteiger partial charge in [0.25, 0.3) is 0 Å². The Morgan fingerprint density at radius 3 is 2.54 bits per heavy atom. The van der Waals surface area contributed by atoms with E-state index >= 15 is 0 Å². The van der Waals surface area contributed by atoms with E-state index < -0.39 is 9.84 Å². The number of hydrogen-bond donors (Lipinski definition) is 0. The third-order valence-electron chi connectivity index (χ3n) is 4.53. The highest BCUT2D eigenvalue weighted by molar-refractivity contribution is 7.91. The average Bonchev–Trinajstić information content (AvgIpc) is 3.04. The molecule has 24 heavy (non-hydrogen) atoms. The minimum absolute atomic E-state index is 0.0292. The van der Waals surface area contributed by atoms with E-state index in [1.54, 1.807) is 16.2 Å². The zero-order valence-corrected chi connectivity index (χ0v) is 16.6. The van der Waals surface area contributed by atoms with E-state index in [0.717, 1.165) is 6.54 Å². The summed E-state index contributed by atoms with van der Waals surface area (Å²) in [6, 6.07) is 4.30. The molecule has 1 saturated heterocycles. The van der Waals surface area contributed by atoms with E-state index in [9.17, 15) is 13.2 Å². The van der Waals surface area contributed by atoms with E-state index in [4.69, 9.17) is 0 Å². The zero-order valence-electron chi connectivity index (χ0n) is 15.0. The van der Waals surface area contributed by atoms with Crippen LogP contribution in [-0.2, 0) is 21.2 Å². The first kappa shape index (κ1) is 19.4. The second-order valence-electron chi connectivity index (χ2n) is 6.75. The van der Waals surface area contributed by atoms with Gasteiger partial charge in [0, 0.05) is 34.9 Å². The van der Waals surface area contributed by atoms with Gasteiger partial charge in [-0.25, -0.2) is 8.42 Å². The number of amides is 1. The molecule has 1 amide bonds. The first-order chi connectivity index (χ1) is 11.2. The first-order valence-electron chi connectivity index (χ1n) is 8.51. The molecule has 136 valence electrons. The van der Waals surface area contributed by atoms with Crippen LogP contribution in [0.1, 0.15) is 36.9 Å². The number of nitrogens with zero attached hydrogens (tertiary/aromatic N) is 2. The van der Waals surface area contributed by atoms with Gasteiger partial charge in [0.15, 0.2) is 9.84 Å². The molecule has 1 unspecified atom stereocenters. The van der Waals surface area contributed by atoms with Gasteiger partial charge >= 0.3 is 0 Å². The van der Waals surface area contributed by atoms with Crippen molar-refractivity contribution >= 4 is 27.1 Å². The molecule has 1 aliphatic rings. The molecule has 0 bridgehead atoms. The zero-order chi connectivity index (χ0) is 17.9. The van der Waals surface area contributed by atoms with Crippen LogP contribution in [0.4, 0.5) is 0 Å². The Labute approximate surface area is 149 Å². The lowest BCUT2D eigenvalue weighted by Crippen LogP contribution is -2.47. The number of carbonyl (C=O) groups is 1. The molecule has 1 aliphatic heterocycles. The lowest BCUT2D eigenvalue weighted by Gasteiger charge is -2.31. The number of aryl methyl sites for hydroxylation is 1. The molecule has 5 nitrogen and oxygen atoms in total. The van der Waals surface area contributed by atoms with Gasteiger partial charge in [-0.1, -0.05) is 0 Å². The van der Waals surface area contributed by atoms with E-state index in [-0.39, 0.29) is 29.5 Å². The molecule has 1 fully saturated rings. The van der Waals surface area contributed by atoms with Gasteiger partial charge in [-0.15, -0.1) is 11.3 Å². The molecule has 0 aromatic carbocycles. The second kappa shape index (κ2) is 7.97. The molecule has 0 spiro atoms. The molecule has 1 atom stereocenters. The summed E-state index contributed by atoms with van der Waals surface area (Å²) in [7, 11) is -2.98. The van der Waals surface area contributed by atoms with Crippen molar-refractivity contribution in [2.45, 2.75) is 52.7 Å². The van der Waals surface area contributed by atoms with Crippen molar-refractivity contribution in [3.05, 3.63) is 21.9 Å². The van der Waals surface area contributed by atoms with E-state index in [2.05, 4.69) is 37.8 Å². The van der Waals surface area contributed by atoms with Crippen LogP contribution in [-0.4, -0.2) is 60.8 Å². The fourth-order valence-corrected chi connectivity index (χ4v) is 5.76. The Morgan fingerprint density at radius 2 is 2.08 bits per heavy atom. The fraction of sp³-hybridized carbons (Fsp3) is 0.706. The first-order valence-corrected chi connectivity index (χ1v) is 11.1. The summed E-state index contributed by atoms with van der Waals surface area (Å²) in [6.45, 7) is 9.82. The molecule has 1 aromatic heterocycles. The maximum atomic E-state index is 12.8. The average molecular weight is 373 g/mol. The maximum absolute atomic E-state index is 12.8. The summed E-state index contributed by atoms with van der Waals surface area (Å²) in [5, 5.41) is 0. The highest BCUT2D eigenvalue weighted by Crippen LogP contribution is 2.20. The summed E-state index contributed by atoms with van der Waals surface area (Å²) in [5.41, 5.74) is 0. The molecule has 1 aromatic rings. The van der Waals surface area contributed by atoms with Crippen molar-refractivity contribution < 1.29 is 13.2 Å². The molecule has 2 heterocycles. The number of rotatable bonds is 7. The third kappa shape index (κ3) is 5.04. The van der Waals surface area contributed by atoms with Crippen LogP contribution in [0, 0.1) is 6.92 Å². The number of sulfone groups is 1. The van der Waals surface area contributed by atoms with Crippen LogP contribution in [0.15, 0.2) is 12.1 Å². The van der Waals surface area contributed by atoms with Crippen LogP contribution < -0.4 is 0 Å². The molecule has 0 saturated carbocycles. The minimum Gasteiger partial charge on any atom is -0.338 e. The van der Waals surface area contributed by atoms with Crippen molar-refractivity contribution in [1.29, 1.82) is 0 Å². The van der Waals surface area contributed by atoms with Gasteiger partial charge in [-0.05, 0) is 46.2 Å². The SMILES string of the molecule is CCN(C(=O)CN(Cc1ccc(C)s1)C(C)C)C1CCS(=O)(=O)C1. The van der Waals surface area contributed by atoms with Crippen molar-refractivity contribution in [3.8, 4) is 0 Å². The van der Waals surface area contributed by atoms with Gasteiger partial charge in [0.2, 0.25) is 5.91 Å². The monoisotopic (exact) mass is 372 g/mol. The van der Waals surface area contributed by atoms with E-state index in [1.807, 2.05) is 6.92 Å². The number of thiophene rings is 1. The normalized spacial score (nSPS) is 20.0. The van der Waals surface area contributed by atoms with Crippen molar-refractivity contribution in [2.24, 2.45) is 0 Å². The summed E-state index contributed by atoms with van der Waals surface area (Å²) in [4.78, 5) is 19.2. The molecule has 0 N–H and O–H groups in total. The highest BCUT2D eigenvalue weighted by Gasteiger charge is 2.34. The van der Waals surface area contributed by atoms with Gasteiger partial charge in [-0.3, -0.25) is 9.69 Å². The quantitative estimate of drug-likeness (QED) is 0.737. The Balaban J connectivity index is 2.03. The van der Waals surface area contributed by atoms with Crippen LogP contribution >= 0.6 is 11.3 Å². The maximum Gasteiger partial charge on any atom is 0.237 e. The summed E-state index contributed by atoms with van der Waals surface area (Å²) < 4.78 is 23.4. The summed E-state index contributed by atoms with van der Waals surface area (Å²) in [6.07, 6.45) is 0.563. The summed E-state index contributed by atoms with van der Waals surface area (Å²) in [5.74, 6) is 0.337. The minimum atomic E-state index is -2.98. The number of carbonyl (C=O) groups excluding carboxylic acids is 1. The third-order valence-corrected chi connectivity index (χ3v) is 7.27. The summed E-state index contributed by atoms with van der Waals surface area (Å²) >= 11 is 1.75. The molecule has 0 radical (unpaired) electrons. The smallest absolute Gasteiger partial charge is 0.237 e. The van der Waals surface area contributed by atoms with Crippen LogP contribution in [0.3, 0.4) is 0 Å². The van der Waals surface area contributed by atoms with Gasteiger partial charge < -0.3 is 4.90 Å². The second-order valence-corrected chi connectivity index (χ2v) is 10.3. The van der Waals surface area contributed by atoms with Crippen molar-refractivity contribution in [2.75, 3.05) is 24.6 Å². The molecule has 7 heteroatoms. The highest BCUT2D eigenvalue weighted by atomic mass is 32.2. The number of likely N-dealkylation sites (N-methyl/N-ethyl adjacent to an activating group) is 1. The van der Waals surface area contributed by atoms with E-state index in [0.29, 0.717) is 19.5 Å². The molecular formula is C17H28N2O3S2. The Morgan fingerprint density at radius 1 is 1.38 bits per heavy atom. The van der Waals surface area contributed by atoms with E-state index in [1.165, 1.54) is 9.75 Å². The predicted molar refractivity (Wildman–Crippen MR) is 99.0 cm³/mol. The van der Waals surface area contributed by atoms with Crippen LogP contribution in [0.5, 0.6) is 0 Å². The fourth-order valence-electron chi connectivity index (χ4n) is 3.12. The molecule has 0 aliphatic carbocycles. The predicted octanol–water partition coefficient (Wildman–Crippen LogP) is 2.30. The van der Waals surface area contributed by atoms with Crippen molar-refractivity contribution in [3.63, 3.8) is 0 Å². The number of hydrogen-bond acceptors (Lipinski definition) is 5. The molecule has 2 rings (SSSR count). The Hall–Kier alpha value is -0.920. The van der Waals surface area contributed by atoms with Crippen LogP contribution in [0.25, 0.3) is 0 Å².